The van der Waals surface area contributed by atoms with Crippen molar-refractivity contribution in [3.05, 3.63) is 27.2 Å². The van der Waals surface area contributed by atoms with Gasteiger partial charge in [0.05, 0.1) is 34.0 Å². The molecule has 6 rings (SSSR count). The van der Waals surface area contributed by atoms with Gasteiger partial charge in [0, 0.05) is 16.5 Å². The van der Waals surface area contributed by atoms with E-state index in [-0.39, 0.29) is 63.7 Å². The Bertz CT molecular complexity index is 993. The number of rotatable bonds is 5. The van der Waals surface area contributed by atoms with Crippen LogP contribution in [0.5, 0.6) is 0 Å². The highest BCUT2D eigenvalue weighted by molar-refractivity contribution is 8.25. The second-order valence-corrected chi connectivity index (χ2v) is 14.0. The Morgan fingerprint density at radius 3 is 2.32 bits per heavy atom. The highest BCUT2D eigenvalue weighted by atomic mass is 35.5. The van der Waals surface area contributed by atoms with Crippen LogP contribution >= 0.6 is 57.5 Å². The van der Waals surface area contributed by atoms with Crippen LogP contribution in [0.1, 0.15) is 32.1 Å². The number of nitrogens with two attached hydrogens (primary N) is 1. The summed E-state index contributed by atoms with van der Waals surface area (Å²) in [6.45, 7) is -0.186. The average molecular weight is 570 g/mol. The van der Waals surface area contributed by atoms with Gasteiger partial charge in [-0.15, -0.1) is 11.8 Å². The van der Waals surface area contributed by atoms with Crippen molar-refractivity contribution in [1.82, 2.24) is 9.62 Å². The van der Waals surface area contributed by atoms with Crippen LogP contribution in [0, 0.1) is 23.2 Å². The number of nitrogens with one attached hydrogen (secondary N) is 1. The second-order valence-electron chi connectivity index (χ2n) is 9.90. The number of amides is 2. The summed E-state index contributed by atoms with van der Waals surface area (Å²) in [5.41, 5.74) is 5.61. The smallest absolute Gasteiger partial charge is 0.236 e. The lowest BCUT2D eigenvalue weighted by molar-refractivity contribution is -0.147. The van der Waals surface area contributed by atoms with Gasteiger partial charge in [-0.2, -0.15) is 4.31 Å². The molecule has 5 N–H and O–H groups in total. The normalized spacial score (nSPS) is 35.3. The van der Waals surface area contributed by atoms with Crippen LogP contribution in [0.15, 0.2) is 12.1 Å². The first kappa shape index (κ1) is 25.1. The van der Waals surface area contributed by atoms with Gasteiger partial charge in [0.15, 0.2) is 0 Å². The fourth-order valence-electron chi connectivity index (χ4n) is 6.55. The molecule has 1 aromatic rings. The van der Waals surface area contributed by atoms with E-state index in [1.807, 2.05) is 0 Å². The largest absolute Gasteiger partial charge is 0.369 e. The molecule has 34 heavy (non-hydrogen) atoms. The number of halogens is 3. The Morgan fingerprint density at radius 1 is 1.12 bits per heavy atom. The average Bonchev–Trinajstić information content (AvgIpc) is 2.72. The summed E-state index contributed by atoms with van der Waals surface area (Å²) in [6, 6.07) is 2.95. The predicted molar refractivity (Wildman–Crippen MR) is 138 cm³/mol. The molecule has 1 aliphatic heterocycles. The van der Waals surface area contributed by atoms with Crippen molar-refractivity contribution in [3.8, 4) is 0 Å². The van der Waals surface area contributed by atoms with Gasteiger partial charge in [-0.05, 0) is 73.0 Å². The van der Waals surface area contributed by atoms with E-state index >= 15 is 0 Å². The second kappa shape index (κ2) is 9.06. The monoisotopic (exact) mass is 568 g/mol. The van der Waals surface area contributed by atoms with Gasteiger partial charge in [0.25, 0.3) is 0 Å². The van der Waals surface area contributed by atoms with Crippen LogP contribution in [-0.2, 0) is 9.59 Å². The van der Waals surface area contributed by atoms with E-state index in [9.17, 15) is 18.7 Å². The number of carbonyl (C=O) groups excluding carboxylic acids is 2. The standard InChI is InChI=1S/C21H27Cl3N4O4S2/c22-14-3-15(23)19(16(24)4-14)28-10-33-9-27(34(28,31)32)8-17(29)26-18-12-1-11-2-13(18)7-21(5-11,6-12)20(25)30/h3-4,11-13,18,31-32H,1-2,5-10H2,(H2,25,30)(H,26,29). The Hall–Kier alpha value is -0.590. The highest BCUT2D eigenvalue weighted by Gasteiger charge is 2.58. The number of thioether (sulfide) groups is 1. The third-order valence-electron chi connectivity index (χ3n) is 7.76. The van der Waals surface area contributed by atoms with E-state index in [4.69, 9.17) is 40.5 Å². The molecule has 0 aromatic heterocycles. The number of anilines is 1. The summed E-state index contributed by atoms with van der Waals surface area (Å²) < 4.78 is 24.9. The van der Waals surface area contributed by atoms with Crippen LogP contribution in [0.3, 0.4) is 0 Å². The van der Waals surface area contributed by atoms with Crippen molar-refractivity contribution in [2.24, 2.45) is 28.9 Å². The lowest BCUT2D eigenvalue weighted by atomic mass is 9.47. The highest BCUT2D eigenvalue weighted by Crippen LogP contribution is 2.60. The predicted octanol–water partition coefficient (Wildman–Crippen LogP) is 4.79. The van der Waals surface area contributed by atoms with Gasteiger partial charge < -0.3 is 11.1 Å². The zero-order valence-corrected chi connectivity index (χ0v) is 22.2. The molecule has 1 saturated heterocycles. The number of nitrogens with zero attached hydrogens (tertiary/aromatic N) is 2. The molecular weight excluding hydrogens is 543 g/mol. The Balaban J connectivity index is 1.29. The molecule has 13 heteroatoms. The Kier molecular flexibility index (Phi) is 6.68. The van der Waals surface area contributed by atoms with Crippen LogP contribution in [0.25, 0.3) is 0 Å². The Labute approximate surface area is 219 Å². The Morgan fingerprint density at radius 2 is 1.74 bits per heavy atom. The van der Waals surface area contributed by atoms with Gasteiger partial charge in [-0.1, -0.05) is 34.8 Å². The molecule has 2 unspecified atom stereocenters. The molecule has 4 saturated carbocycles. The van der Waals surface area contributed by atoms with Gasteiger partial charge in [0.2, 0.25) is 11.8 Å². The van der Waals surface area contributed by atoms with Gasteiger partial charge in [0.1, 0.15) is 0 Å². The summed E-state index contributed by atoms with van der Waals surface area (Å²) in [6.07, 6.45) is 4.29. The number of primary amides is 1. The molecule has 0 radical (unpaired) electrons. The maximum Gasteiger partial charge on any atom is 0.236 e. The number of hydrogen-bond donors (Lipinski definition) is 4. The fraction of sp³-hybridized carbons (Fsp3) is 0.619. The molecule has 4 aliphatic carbocycles. The summed E-state index contributed by atoms with van der Waals surface area (Å²) in [5, 5.41) is 3.88. The maximum atomic E-state index is 13.1. The van der Waals surface area contributed by atoms with Crippen molar-refractivity contribution in [3.63, 3.8) is 0 Å². The van der Waals surface area contributed by atoms with Crippen molar-refractivity contribution in [1.29, 1.82) is 0 Å². The lowest BCUT2D eigenvalue weighted by Gasteiger charge is -2.59. The van der Waals surface area contributed by atoms with Gasteiger partial charge >= 0.3 is 0 Å². The first-order valence-electron chi connectivity index (χ1n) is 11.1. The van der Waals surface area contributed by atoms with Crippen molar-refractivity contribution in [2.75, 3.05) is 22.6 Å². The quantitative estimate of drug-likeness (QED) is 0.402. The number of benzene rings is 1. The minimum atomic E-state index is -3.54. The first-order valence-corrected chi connectivity index (χ1v) is 14.9. The molecule has 2 amide bonds. The third-order valence-corrected chi connectivity index (χ3v) is 11.7. The fourth-order valence-corrected chi connectivity index (χ4v) is 10.9. The van der Waals surface area contributed by atoms with Crippen LogP contribution in [0.4, 0.5) is 5.69 Å². The van der Waals surface area contributed by atoms with Crippen molar-refractivity contribution in [2.45, 2.75) is 38.1 Å². The summed E-state index contributed by atoms with van der Waals surface area (Å²) >= 11 is 20.1. The number of hydrogen-bond acceptors (Lipinski definition) is 7. The molecule has 1 heterocycles. The molecule has 0 spiro atoms. The molecule has 5 aliphatic rings. The minimum absolute atomic E-state index is 0.0213. The number of carbonyl (C=O) groups is 2. The minimum Gasteiger partial charge on any atom is -0.369 e. The van der Waals surface area contributed by atoms with Crippen LogP contribution in [0.2, 0.25) is 15.1 Å². The van der Waals surface area contributed by atoms with Gasteiger partial charge in [-0.25, -0.2) is 4.31 Å². The first-order chi connectivity index (χ1) is 16.0. The van der Waals surface area contributed by atoms with E-state index in [1.54, 1.807) is 0 Å². The van der Waals surface area contributed by atoms with E-state index in [0.29, 0.717) is 10.9 Å². The lowest BCUT2D eigenvalue weighted by Crippen LogP contribution is -2.62. The van der Waals surface area contributed by atoms with E-state index in [2.05, 4.69) is 5.32 Å². The third kappa shape index (κ3) is 4.28. The molecule has 4 bridgehead atoms. The maximum absolute atomic E-state index is 13.1. The zero-order chi connectivity index (χ0) is 24.4. The summed E-state index contributed by atoms with van der Waals surface area (Å²) in [4.78, 5) is 25.2. The molecular formula is C21H27Cl3N4O4S2. The van der Waals surface area contributed by atoms with Crippen molar-refractivity contribution < 1.29 is 18.7 Å². The summed E-state index contributed by atoms with van der Waals surface area (Å²) in [7, 11) is -3.54. The molecule has 1 aromatic carbocycles. The topological polar surface area (TPSA) is 119 Å². The molecule has 2 atom stereocenters. The SMILES string of the molecule is NC(=O)C12CC3CC(C1)C(NC(=O)CN1CSCN(c4c(Cl)cc(Cl)cc4Cl)S1(O)O)C(C3)C2. The summed E-state index contributed by atoms with van der Waals surface area (Å²) in [5.74, 6) is 0.955. The molecule has 188 valence electrons. The van der Waals surface area contributed by atoms with Crippen LogP contribution in [-0.4, -0.2) is 49.6 Å². The van der Waals surface area contributed by atoms with E-state index in [1.165, 1.54) is 32.5 Å². The van der Waals surface area contributed by atoms with E-state index < -0.39 is 16.4 Å². The zero-order valence-electron chi connectivity index (χ0n) is 18.3. The van der Waals surface area contributed by atoms with E-state index in [0.717, 1.165) is 32.1 Å². The van der Waals surface area contributed by atoms with Gasteiger partial charge in [-0.3, -0.25) is 18.7 Å². The van der Waals surface area contributed by atoms with Crippen LogP contribution < -0.4 is 15.4 Å². The molecule has 5 fully saturated rings. The van der Waals surface area contributed by atoms with Crippen molar-refractivity contribution >= 4 is 75.0 Å². The molecule has 8 nitrogen and oxygen atoms in total.